The molecule has 146 valence electrons. The Morgan fingerprint density at radius 2 is 1.90 bits per heavy atom. The number of rotatable bonds is 4. The zero-order valence-corrected chi connectivity index (χ0v) is 15.7. The number of nitrogens with zero attached hydrogens (tertiary/aromatic N) is 5. The maximum absolute atomic E-state index is 12.6. The molecule has 2 aliphatic rings. The van der Waals surface area contributed by atoms with E-state index < -0.39 is 0 Å². The minimum absolute atomic E-state index is 0.0111. The maximum Gasteiger partial charge on any atom is 0.254 e. The zero-order chi connectivity index (χ0) is 19.8. The average molecular weight is 389 g/mol. The Labute approximate surface area is 167 Å². The summed E-state index contributed by atoms with van der Waals surface area (Å²) in [5.41, 5.74) is 5.58. The first kappa shape index (κ1) is 17.7. The van der Waals surface area contributed by atoms with Crippen LogP contribution in [0.15, 0.2) is 53.7 Å². The third-order valence-corrected chi connectivity index (χ3v) is 5.14. The number of benzene rings is 2. The molecule has 1 fully saturated rings. The minimum atomic E-state index is -0.0111. The molecule has 3 aromatic rings. The van der Waals surface area contributed by atoms with Crippen molar-refractivity contribution in [1.29, 1.82) is 0 Å². The molecule has 0 unspecified atom stereocenters. The first-order valence-corrected chi connectivity index (χ1v) is 9.46. The molecular weight excluding hydrogens is 370 g/mol. The van der Waals surface area contributed by atoms with Gasteiger partial charge in [0.1, 0.15) is 11.4 Å². The van der Waals surface area contributed by atoms with E-state index in [1.54, 1.807) is 21.7 Å². The third-order valence-electron chi connectivity index (χ3n) is 5.14. The quantitative estimate of drug-likeness (QED) is 0.574. The lowest BCUT2D eigenvalue weighted by Gasteiger charge is -2.26. The van der Waals surface area contributed by atoms with Crippen LogP contribution in [0.5, 0.6) is 0 Å². The molecule has 0 spiro atoms. The molecule has 0 atom stereocenters. The Hall–Kier alpha value is -3.36. The van der Waals surface area contributed by atoms with Gasteiger partial charge in [-0.1, -0.05) is 11.3 Å². The molecule has 1 saturated heterocycles. The normalized spacial score (nSPS) is 15.5. The van der Waals surface area contributed by atoms with E-state index in [1.807, 2.05) is 36.5 Å². The molecule has 1 N–H and O–H groups in total. The number of amides is 1. The number of aliphatic imine (C=N–C) groups is 1. The summed E-state index contributed by atoms with van der Waals surface area (Å²) in [6.07, 6.45) is 1.81. The second-order valence-corrected chi connectivity index (χ2v) is 6.97. The van der Waals surface area contributed by atoms with Crippen molar-refractivity contribution in [3.8, 4) is 5.69 Å². The van der Waals surface area contributed by atoms with Crippen LogP contribution < -0.4 is 0 Å². The molecule has 0 radical (unpaired) electrons. The number of hydrogen-bond acceptors (Lipinski definition) is 6. The van der Waals surface area contributed by atoms with Crippen LogP contribution in [-0.2, 0) is 11.3 Å². The van der Waals surface area contributed by atoms with Crippen molar-refractivity contribution >= 4 is 17.3 Å². The second kappa shape index (κ2) is 7.23. The highest BCUT2D eigenvalue weighted by molar-refractivity contribution is 6.21. The average Bonchev–Trinajstić information content (AvgIpc) is 3.24. The molecular formula is C21H19N5O3. The van der Waals surface area contributed by atoms with E-state index in [1.165, 1.54) is 0 Å². The lowest BCUT2D eigenvalue weighted by atomic mass is 9.97. The van der Waals surface area contributed by atoms with Crippen molar-refractivity contribution < 1.29 is 14.6 Å². The van der Waals surface area contributed by atoms with Gasteiger partial charge < -0.3 is 14.7 Å². The first-order valence-electron chi connectivity index (χ1n) is 9.46. The van der Waals surface area contributed by atoms with Gasteiger partial charge >= 0.3 is 0 Å². The topological polar surface area (TPSA) is 92.8 Å². The summed E-state index contributed by atoms with van der Waals surface area (Å²) in [6, 6.07) is 13.0. The van der Waals surface area contributed by atoms with E-state index in [2.05, 4.69) is 15.3 Å². The van der Waals surface area contributed by atoms with Crippen LogP contribution in [0, 0.1) is 0 Å². The van der Waals surface area contributed by atoms with Crippen molar-refractivity contribution in [1.82, 2.24) is 19.9 Å². The Kier molecular flexibility index (Phi) is 4.42. The zero-order valence-electron chi connectivity index (χ0n) is 15.7. The van der Waals surface area contributed by atoms with Crippen molar-refractivity contribution in [3.63, 3.8) is 0 Å². The fourth-order valence-electron chi connectivity index (χ4n) is 3.50. The molecule has 5 rings (SSSR count). The number of fused-ring (bicyclic) bond motifs is 1. The number of hydrogen-bond donors (Lipinski definition) is 1. The number of carbonyl (C=O) groups excluding carboxylic acids is 1. The molecule has 8 heteroatoms. The van der Waals surface area contributed by atoms with Crippen LogP contribution in [0.1, 0.15) is 27.2 Å². The summed E-state index contributed by atoms with van der Waals surface area (Å²) in [5.74, 6) is 0.0132. The summed E-state index contributed by atoms with van der Waals surface area (Å²) >= 11 is 0. The van der Waals surface area contributed by atoms with Gasteiger partial charge in [-0.05, 0) is 42.0 Å². The number of aromatic nitrogens is 3. The molecule has 1 aromatic heterocycles. The molecule has 2 aliphatic heterocycles. The highest BCUT2D eigenvalue weighted by Crippen LogP contribution is 2.33. The van der Waals surface area contributed by atoms with Crippen molar-refractivity contribution in [2.45, 2.75) is 6.61 Å². The second-order valence-electron chi connectivity index (χ2n) is 6.97. The van der Waals surface area contributed by atoms with Crippen molar-refractivity contribution in [2.24, 2.45) is 4.99 Å². The molecule has 0 bridgehead atoms. The van der Waals surface area contributed by atoms with Gasteiger partial charge in [0.25, 0.3) is 5.91 Å². The molecule has 8 nitrogen and oxygen atoms in total. The van der Waals surface area contributed by atoms with Crippen LogP contribution in [0.25, 0.3) is 5.69 Å². The molecule has 2 aromatic carbocycles. The summed E-state index contributed by atoms with van der Waals surface area (Å²) < 4.78 is 6.96. The van der Waals surface area contributed by atoms with E-state index in [9.17, 15) is 9.90 Å². The van der Waals surface area contributed by atoms with Crippen LogP contribution in [-0.4, -0.2) is 62.9 Å². The standard InChI is InChI=1S/C21H19N5O3/c27-13-14-1-6-18-17(11-14)20(22-18)19-12-26(24-23-19)16-4-2-15(3-5-16)21(28)25-7-9-29-10-8-25/h1-6,11-12,27H,7-10,13H2. The van der Waals surface area contributed by atoms with Gasteiger partial charge in [-0.2, -0.15) is 0 Å². The molecule has 0 saturated carbocycles. The molecule has 1 amide bonds. The Balaban J connectivity index is 1.34. The number of aliphatic hydroxyl groups is 1. The summed E-state index contributed by atoms with van der Waals surface area (Å²) in [7, 11) is 0. The van der Waals surface area contributed by atoms with Crippen LogP contribution in [0.4, 0.5) is 5.69 Å². The van der Waals surface area contributed by atoms with Crippen LogP contribution in [0.2, 0.25) is 0 Å². The monoisotopic (exact) mass is 389 g/mol. The molecule has 0 aliphatic carbocycles. The van der Waals surface area contributed by atoms with Crippen LogP contribution in [0.3, 0.4) is 0 Å². The highest BCUT2D eigenvalue weighted by atomic mass is 16.5. The van der Waals surface area contributed by atoms with E-state index in [0.29, 0.717) is 37.6 Å². The largest absolute Gasteiger partial charge is 0.392 e. The maximum atomic E-state index is 12.6. The lowest BCUT2D eigenvalue weighted by Crippen LogP contribution is -2.40. The summed E-state index contributed by atoms with van der Waals surface area (Å²) in [6.45, 7) is 2.39. The van der Waals surface area contributed by atoms with Gasteiger partial charge in [-0.25, -0.2) is 9.67 Å². The number of carbonyl (C=O) groups is 1. The predicted molar refractivity (Wildman–Crippen MR) is 106 cm³/mol. The summed E-state index contributed by atoms with van der Waals surface area (Å²) in [5, 5.41) is 17.8. The van der Waals surface area contributed by atoms with E-state index in [4.69, 9.17) is 4.74 Å². The smallest absolute Gasteiger partial charge is 0.254 e. The fraction of sp³-hybridized carbons (Fsp3) is 0.238. The van der Waals surface area contributed by atoms with Gasteiger partial charge in [-0.3, -0.25) is 4.79 Å². The lowest BCUT2D eigenvalue weighted by molar-refractivity contribution is 0.0303. The summed E-state index contributed by atoms with van der Waals surface area (Å²) in [4.78, 5) is 18.8. The minimum Gasteiger partial charge on any atom is -0.392 e. The number of morpholine rings is 1. The van der Waals surface area contributed by atoms with Gasteiger partial charge in [-0.15, -0.1) is 5.10 Å². The Morgan fingerprint density at radius 3 is 2.66 bits per heavy atom. The predicted octanol–water partition coefficient (Wildman–Crippen LogP) is 1.71. The first-order chi connectivity index (χ1) is 14.2. The SMILES string of the molecule is O=C(c1ccc(-n2cc(C3=Nc4ccc(CO)cc43)nn2)cc1)N1CCOCC1. The number of aliphatic hydroxyl groups excluding tert-OH is 1. The molecule has 3 heterocycles. The van der Waals surface area contributed by atoms with Gasteiger partial charge in [0.15, 0.2) is 0 Å². The Bertz CT molecular complexity index is 1100. The Morgan fingerprint density at radius 1 is 1.10 bits per heavy atom. The van der Waals surface area contributed by atoms with Gasteiger partial charge in [0, 0.05) is 24.2 Å². The van der Waals surface area contributed by atoms with Crippen molar-refractivity contribution in [3.05, 3.63) is 71.0 Å². The molecule has 29 heavy (non-hydrogen) atoms. The van der Waals surface area contributed by atoms with Gasteiger partial charge in [0.2, 0.25) is 0 Å². The van der Waals surface area contributed by atoms with Gasteiger partial charge in [0.05, 0.1) is 37.4 Å². The van der Waals surface area contributed by atoms with Crippen LogP contribution >= 0.6 is 0 Å². The highest BCUT2D eigenvalue weighted by Gasteiger charge is 2.23. The van der Waals surface area contributed by atoms with E-state index >= 15 is 0 Å². The van der Waals surface area contributed by atoms with E-state index in [-0.39, 0.29) is 12.5 Å². The number of ether oxygens (including phenoxy) is 1. The van der Waals surface area contributed by atoms with E-state index in [0.717, 1.165) is 28.2 Å². The third kappa shape index (κ3) is 3.22. The fourth-order valence-corrected chi connectivity index (χ4v) is 3.50. The van der Waals surface area contributed by atoms with Crippen molar-refractivity contribution in [2.75, 3.05) is 26.3 Å².